The number of ether oxygens (including phenoxy) is 5. The maximum absolute atomic E-state index is 12.6. The van der Waals surface area contributed by atoms with Gasteiger partial charge in [0.1, 0.15) is 11.5 Å². The van der Waals surface area contributed by atoms with Crippen molar-refractivity contribution in [1.29, 1.82) is 0 Å². The van der Waals surface area contributed by atoms with Gasteiger partial charge in [-0.3, -0.25) is 4.79 Å². The number of hydrogen-bond acceptors (Lipinski definition) is 7. The summed E-state index contributed by atoms with van der Waals surface area (Å²) in [6.45, 7) is 3.69. The lowest BCUT2D eigenvalue weighted by atomic mass is 9.91. The fourth-order valence-corrected chi connectivity index (χ4v) is 5.44. The number of hydrogen-bond donors (Lipinski definition) is 1. The third-order valence-electron chi connectivity index (χ3n) is 7.84. The summed E-state index contributed by atoms with van der Waals surface area (Å²) in [6, 6.07) is 7.99. The van der Waals surface area contributed by atoms with Crippen LogP contribution < -0.4 is 4.74 Å². The maximum atomic E-state index is 12.6. The maximum Gasteiger partial charge on any atom is 0.364 e. The fraction of sp³-hybridized carbons (Fsp3) is 0.606. The van der Waals surface area contributed by atoms with Gasteiger partial charge in [0.05, 0.1) is 6.61 Å². The Kier molecular flexibility index (Phi) is 12.2. The fourth-order valence-electron chi connectivity index (χ4n) is 5.44. The van der Waals surface area contributed by atoms with Crippen molar-refractivity contribution in [2.45, 2.75) is 95.9 Å². The summed E-state index contributed by atoms with van der Waals surface area (Å²) in [5.74, 6) is -1.97. The molecule has 41 heavy (non-hydrogen) atoms. The molecule has 8 nitrogen and oxygen atoms in total. The molecule has 1 aromatic carbocycles. The number of aryl methyl sites for hydroxylation is 1. The molecule has 2 aliphatic heterocycles. The van der Waals surface area contributed by atoms with Crippen molar-refractivity contribution in [1.82, 2.24) is 0 Å². The van der Waals surface area contributed by atoms with Gasteiger partial charge in [-0.2, -0.15) is 0 Å². The Hall–Kier alpha value is -2.74. The molecular weight excluding hydrogens is 524 g/mol. The molecule has 0 bridgehead atoms. The summed E-state index contributed by atoms with van der Waals surface area (Å²) in [4.78, 5) is 25.1. The minimum absolute atomic E-state index is 0.0541. The van der Waals surface area contributed by atoms with Gasteiger partial charge in [-0.1, -0.05) is 29.8 Å². The number of carbonyl (C=O) groups is 2. The molecule has 0 aromatic heterocycles. The molecule has 2 heterocycles. The lowest BCUT2D eigenvalue weighted by molar-refractivity contribution is -0.349. The predicted molar refractivity (Wildman–Crippen MR) is 153 cm³/mol. The highest BCUT2D eigenvalue weighted by molar-refractivity contribution is 5.83. The molecule has 0 amide bonds. The molecule has 1 saturated carbocycles. The number of carbonyl (C=O) groups excluding carboxylic acids is 1. The number of benzene rings is 1. The summed E-state index contributed by atoms with van der Waals surface area (Å²) < 4.78 is 29.1. The number of allylic oxidation sites excluding steroid dienone is 1. The molecule has 2 saturated heterocycles. The minimum Gasteiger partial charge on any atom is -0.493 e. The van der Waals surface area contributed by atoms with Crippen molar-refractivity contribution in [3.05, 3.63) is 59.9 Å². The normalized spacial score (nSPS) is 26.3. The Morgan fingerprint density at radius 3 is 2.32 bits per heavy atom. The number of aliphatic carboxylic acids is 1. The van der Waals surface area contributed by atoms with Gasteiger partial charge in [0.15, 0.2) is 12.6 Å². The van der Waals surface area contributed by atoms with E-state index in [1.54, 1.807) is 6.08 Å². The third kappa shape index (κ3) is 9.66. The first-order chi connectivity index (χ1) is 19.9. The largest absolute Gasteiger partial charge is 0.493 e. The van der Waals surface area contributed by atoms with Gasteiger partial charge in [-0.15, -0.1) is 5.73 Å². The van der Waals surface area contributed by atoms with Crippen molar-refractivity contribution < 1.29 is 38.4 Å². The van der Waals surface area contributed by atoms with E-state index < -0.39 is 24.3 Å². The van der Waals surface area contributed by atoms with Crippen molar-refractivity contribution >= 4 is 11.8 Å². The minimum atomic E-state index is -1.93. The van der Waals surface area contributed by atoms with Crippen molar-refractivity contribution in [3.8, 4) is 5.75 Å². The first-order valence-electron chi connectivity index (χ1n) is 15.1. The molecule has 4 rings (SSSR count). The van der Waals surface area contributed by atoms with Crippen molar-refractivity contribution in [3.63, 3.8) is 0 Å². The molecule has 0 spiro atoms. The first kappa shape index (κ1) is 31.2. The van der Waals surface area contributed by atoms with Crippen LogP contribution in [0.3, 0.4) is 0 Å². The van der Waals surface area contributed by atoms with Crippen LogP contribution in [0.25, 0.3) is 0 Å². The van der Waals surface area contributed by atoms with Gasteiger partial charge in [-0.25, -0.2) is 4.79 Å². The van der Waals surface area contributed by atoms with Crippen molar-refractivity contribution in [2.75, 3.05) is 19.8 Å². The molecule has 3 fully saturated rings. The number of rotatable bonds is 14. The highest BCUT2D eigenvalue weighted by Crippen LogP contribution is 2.33. The summed E-state index contributed by atoms with van der Waals surface area (Å²) in [5, 5.41) is 10.2. The van der Waals surface area contributed by atoms with E-state index in [9.17, 15) is 14.7 Å². The number of carboxylic acid groups (broad SMARTS) is 1. The molecular formula is C33H44O8. The molecule has 3 aliphatic rings. The molecule has 1 N–H and O–H groups in total. The SMILES string of the molecule is Cc1ccc(OCC/C=C/[C@H]2CCC(=O)[C@@H]2CC=C=CCC(OC2CCCCO2)(OC2CCCCO2)C(=O)O)cc1. The van der Waals surface area contributed by atoms with Crippen LogP contribution in [0.4, 0.5) is 0 Å². The van der Waals surface area contributed by atoms with Crippen LogP contribution in [0.2, 0.25) is 0 Å². The molecule has 224 valence electrons. The van der Waals surface area contributed by atoms with Crippen LogP contribution in [0.15, 0.2) is 54.3 Å². The van der Waals surface area contributed by atoms with E-state index in [-0.39, 0.29) is 24.0 Å². The zero-order chi connectivity index (χ0) is 28.9. The van der Waals surface area contributed by atoms with Gasteiger partial charge in [0.2, 0.25) is 0 Å². The number of carboxylic acids is 1. The van der Waals surface area contributed by atoms with Crippen molar-refractivity contribution in [2.24, 2.45) is 11.8 Å². The average molecular weight is 569 g/mol. The third-order valence-corrected chi connectivity index (χ3v) is 7.84. The summed E-state index contributed by atoms with van der Waals surface area (Å²) in [5.41, 5.74) is 4.28. The molecule has 1 aliphatic carbocycles. The van der Waals surface area contributed by atoms with Crippen LogP contribution in [0.5, 0.6) is 5.75 Å². The van der Waals surface area contributed by atoms with Crippen LogP contribution in [-0.4, -0.2) is 55.0 Å². The van der Waals surface area contributed by atoms with Gasteiger partial charge in [0, 0.05) is 32.0 Å². The molecule has 1 aromatic rings. The Morgan fingerprint density at radius 2 is 1.71 bits per heavy atom. The van der Waals surface area contributed by atoms with E-state index in [1.807, 2.05) is 37.3 Å². The second-order valence-electron chi connectivity index (χ2n) is 11.1. The molecule has 0 radical (unpaired) electrons. The van der Waals surface area contributed by atoms with E-state index in [0.717, 1.165) is 44.3 Å². The van der Waals surface area contributed by atoms with Crippen LogP contribution >= 0.6 is 0 Å². The van der Waals surface area contributed by atoms with Crippen LogP contribution in [0, 0.1) is 18.8 Å². The highest BCUT2D eigenvalue weighted by Gasteiger charge is 2.46. The van der Waals surface area contributed by atoms with Crippen LogP contribution in [0.1, 0.15) is 76.2 Å². The lowest BCUT2D eigenvalue weighted by Gasteiger charge is -2.37. The van der Waals surface area contributed by atoms with E-state index in [2.05, 4.69) is 17.9 Å². The first-order valence-corrected chi connectivity index (χ1v) is 15.1. The van der Waals surface area contributed by atoms with Gasteiger partial charge in [0.25, 0.3) is 5.79 Å². The quantitative estimate of drug-likeness (QED) is 0.121. The van der Waals surface area contributed by atoms with E-state index in [1.165, 1.54) is 5.56 Å². The van der Waals surface area contributed by atoms with E-state index in [0.29, 0.717) is 45.5 Å². The number of Topliss-reactive ketones (excluding diaryl/α,β-unsaturated/α-hetero) is 1. The molecule has 2 unspecified atom stereocenters. The van der Waals surface area contributed by atoms with E-state index in [4.69, 9.17) is 23.7 Å². The Morgan fingerprint density at radius 1 is 1.02 bits per heavy atom. The monoisotopic (exact) mass is 568 g/mol. The summed E-state index contributed by atoms with van der Waals surface area (Å²) >= 11 is 0. The topological polar surface area (TPSA) is 101 Å². The molecule has 4 atom stereocenters. The Labute approximate surface area is 243 Å². The Balaban J connectivity index is 1.32. The average Bonchev–Trinajstić information content (AvgIpc) is 3.33. The number of ketones is 1. The summed E-state index contributed by atoms with van der Waals surface area (Å²) in [7, 11) is 0. The van der Waals surface area contributed by atoms with Gasteiger partial charge < -0.3 is 28.8 Å². The Bertz CT molecular complexity index is 1040. The lowest BCUT2D eigenvalue weighted by Crippen LogP contribution is -2.50. The summed E-state index contributed by atoms with van der Waals surface area (Å²) in [6.07, 6.45) is 13.9. The zero-order valence-electron chi connectivity index (χ0n) is 24.1. The smallest absolute Gasteiger partial charge is 0.364 e. The second-order valence-corrected chi connectivity index (χ2v) is 11.1. The van der Waals surface area contributed by atoms with Crippen LogP contribution in [-0.2, 0) is 28.5 Å². The standard InChI is InChI=1S/C33H44O8/c1-25-15-18-27(19-16-25)37-22-8-4-11-26-17-20-29(34)28(26)12-3-2-7-21-33(32(35)36,40-30-13-5-9-23-38-30)41-31-14-6-10-24-39-31/h3-4,7,11,15-16,18-19,26,28,30-31H,5-6,8-10,12-14,17,20-24H2,1H3,(H,35,36)/b11-4+/t2?,26-,28+,30?,31?,33?/m0/s1. The second kappa shape index (κ2) is 16.0. The van der Waals surface area contributed by atoms with E-state index >= 15 is 0 Å². The van der Waals surface area contributed by atoms with Gasteiger partial charge in [-0.05, 0) is 94.9 Å². The molecule has 8 heteroatoms. The predicted octanol–water partition coefficient (Wildman–Crippen LogP) is 6.27. The zero-order valence-corrected chi connectivity index (χ0v) is 24.1. The highest BCUT2D eigenvalue weighted by atomic mass is 16.8. The van der Waals surface area contributed by atoms with Gasteiger partial charge >= 0.3 is 5.97 Å².